The highest BCUT2D eigenvalue weighted by Gasteiger charge is 2.70. The van der Waals surface area contributed by atoms with Crippen LogP contribution in [0.25, 0.3) is 10.1 Å². The van der Waals surface area contributed by atoms with E-state index in [4.69, 9.17) is 14.5 Å². The highest BCUT2D eigenvalue weighted by atomic mass is 32.1. The Balaban J connectivity index is 1.12. The Hall–Kier alpha value is -3.37. The van der Waals surface area contributed by atoms with Gasteiger partial charge in [-0.05, 0) is 49.3 Å². The van der Waals surface area contributed by atoms with Crippen molar-refractivity contribution in [1.29, 1.82) is 0 Å². The summed E-state index contributed by atoms with van der Waals surface area (Å²) in [4.78, 5) is 66.8. The lowest BCUT2D eigenvalue weighted by atomic mass is 9.91. The molecule has 3 saturated heterocycles. The average Bonchev–Trinajstić information content (AvgIpc) is 3.53. The van der Waals surface area contributed by atoms with E-state index in [1.165, 1.54) is 24.1 Å². The average molecular weight is 714 g/mol. The summed E-state index contributed by atoms with van der Waals surface area (Å²) in [5, 5.41) is 2.68. The Bertz CT molecular complexity index is 1870. The minimum absolute atomic E-state index is 0.0213. The van der Waals surface area contributed by atoms with Gasteiger partial charge in [0, 0.05) is 54.7 Å². The van der Waals surface area contributed by atoms with Gasteiger partial charge < -0.3 is 34.2 Å². The van der Waals surface area contributed by atoms with Crippen LogP contribution in [-0.4, -0.2) is 91.1 Å². The first-order valence-corrected chi connectivity index (χ1v) is 17.7. The summed E-state index contributed by atoms with van der Waals surface area (Å²) in [5.74, 6) is -6.31. The zero-order valence-electron chi connectivity index (χ0n) is 25.7. The van der Waals surface area contributed by atoms with Crippen LogP contribution in [0, 0.1) is 11.8 Å². The molecule has 12 nitrogen and oxygen atoms in total. The molecule has 2 aromatic heterocycles. The van der Waals surface area contributed by atoms with Crippen LogP contribution in [0.3, 0.4) is 0 Å². The number of halogens is 4. The first-order valence-electron chi connectivity index (χ1n) is 15.3. The molecule has 0 spiro atoms. The van der Waals surface area contributed by atoms with Crippen molar-refractivity contribution < 1.29 is 51.0 Å². The lowest BCUT2D eigenvalue weighted by Gasteiger charge is -2.49. The molecule has 0 radical (unpaired) electrons. The number of aromatic nitrogens is 2. The summed E-state index contributed by atoms with van der Waals surface area (Å²) >= 11 is 0.880. The minimum Gasteiger partial charge on any atom is -0.367 e. The molecule has 4 aliphatic rings. The van der Waals surface area contributed by atoms with Crippen molar-refractivity contribution in [2.75, 3.05) is 20.2 Å². The van der Waals surface area contributed by atoms with Crippen molar-refractivity contribution in [3.63, 3.8) is 0 Å². The Morgan fingerprint density at radius 3 is 2.50 bits per heavy atom. The van der Waals surface area contributed by atoms with Crippen LogP contribution in [0.4, 0.5) is 17.6 Å². The van der Waals surface area contributed by atoms with Gasteiger partial charge in [0.2, 0.25) is 11.8 Å². The summed E-state index contributed by atoms with van der Waals surface area (Å²) in [6.07, 6.45) is 3.71. The van der Waals surface area contributed by atoms with E-state index in [-0.39, 0.29) is 48.5 Å². The Kier molecular flexibility index (Phi) is 7.64. The van der Waals surface area contributed by atoms with Crippen molar-refractivity contribution in [2.24, 2.45) is 18.9 Å². The molecule has 3 aliphatic heterocycles. The molecular weight excluding hydrogens is 681 g/mol. The van der Waals surface area contributed by atoms with Crippen molar-refractivity contribution in [1.82, 2.24) is 24.7 Å². The van der Waals surface area contributed by atoms with Gasteiger partial charge in [0.15, 0.2) is 5.60 Å². The summed E-state index contributed by atoms with van der Waals surface area (Å²) in [5.41, 5.74) is -6.23. The van der Waals surface area contributed by atoms with E-state index in [1.54, 1.807) is 21.9 Å². The number of aryl methyl sites for hydroxylation is 1. The number of carbonyl (C=O) groups is 3. The fraction of sp³-hybridized carbons (Fsp3) is 0.533. The first kappa shape index (κ1) is 33.1. The number of thiophene rings is 1. The van der Waals surface area contributed by atoms with Crippen molar-refractivity contribution >= 4 is 46.7 Å². The molecule has 3 amide bonds. The molecule has 1 saturated carbocycles. The van der Waals surface area contributed by atoms with E-state index in [2.05, 4.69) is 10.3 Å². The number of imidazole rings is 1. The van der Waals surface area contributed by atoms with Crippen LogP contribution < -0.4 is 5.32 Å². The third-order valence-corrected chi connectivity index (χ3v) is 12.4. The number of alkyl halides is 4. The third-order valence-electron chi connectivity index (χ3n) is 10.3. The lowest BCUT2D eigenvalue weighted by Crippen LogP contribution is -2.66. The van der Waals surface area contributed by atoms with Crippen molar-refractivity contribution in [2.45, 2.75) is 61.0 Å². The number of rotatable bonds is 7. The second kappa shape index (κ2) is 11.1. The largest absolute Gasteiger partial charge is 0.399 e. The van der Waals surface area contributed by atoms with Gasteiger partial charge in [-0.2, -0.15) is 8.78 Å². The maximum Gasteiger partial charge on any atom is 0.399 e. The van der Waals surface area contributed by atoms with Gasteiger partial charge >= 0.3 is 13.3 Å². The highest BCUT2D eigenvalue weighted by molar-refractivity contribution is 7.52. The molecule has 5 atom stereocenters. The summed E-state index contributed by atoms with van der Waals surface area (Å²) in [6, 6.07) is 1.23. The standard InChI is InChI=1S/C30H32F4N5O7PS/c1-37-8-7-35-27(37)28(46-2)13-38(14-28)26(42)21-5-4-17-11-18-19(29(18,31)32)12-20(25(41)39(17)21)36-24(40)23-10-15-9-16(3-6-22(15)48-23)30(33,34)47(43,44)45/h3,6-10,17-21H,4-5,11-14H2,1-2H3,(H,36,40)(H2,43,44,45)/t17-,18-,19+,20+,21+/m1/s1. The number of hydrogen-bond acceptors (Lipinski definition) is 7. The van der Waals surface area contributed by atoms with Gasteiger partial charge in [0.1, 0.15) is 17.9 Å². The fourth-order valence-electron chi connectivity index (χ4n) is 7.59. The predicted molar refractivity (Wildman–Crippen MR) is 162 cm³/mol. The van der Waals surface area contributed by atoms with Crippen LogP contribution in [0.5, 0.6) is 0 Å². The molecule has 3 N–H and O–H groups in total. The molecule has 1 aromatic carbocycles. The number of amides is 3. The van der Waals surface area contributed by atoms with Crippen LogP contribution in [0.1, 0.15) is 46.7 Å². The Labute approximate surface area is 275 Å². The zero-order chi connectivity index (χ0) is 34.6. The number of methoxy groups -OCH3 is 1. The molecule has 7 rings (SSSR count). The number of ether oxygens (including phenoxy) is 1. The molecular formula is C30H32F4N5O7PS. The van der Waals surface area contributed by atoms with E-state index in [0.29, 0.717) is 16.9 Å². The molecule has 4 fully saturated rings. The monoisotopic (exact) mass is 713 g/mol. The maximum atomic E-state index is 14.9. The Morgan fingerprint density at radius 2 is 1.85 bits per heavy atom. The van der Waals surface area contributed by atoms with Gasteiger partial charge in [-0.25, -0.2) is 13.8 Å². The number of hydrogen-bond donors (Lipinski definition) is 3. The third kappa shape index (κ3) is 5.08. The highest BCUT2D eigenvalue weighted by Crippen LogP contribution is 2.62. The number of benzene rings is 1. The molecule has 258 valence electrons. The van der Waals surface area contributed by atoms with Crippen molar-refractivity contribution in [3.05, 3.63) is 52.9 Å². The van der Waals surface area contributed by atoms with Crippen molar-refractivity contribution in [3.8, 4) is 0 Å². The number of nitrogens with one attached hydrogen (secondary N) is 1. The molecule has 18 heteroatoms. The second-order valence-electron chi connectivity index (χ2n) is 13.1. The molecule has 48 heavy (non-hydrogen) atoms. The van der Waals surface area contributed by atoms with E-state index in [0.717, 1.165) is 23.5 Å². The van der Waals surface area contributed by atoms with E-state index >= 15 is 0 Å². The van der Waals surface area contributed by atoms with Gasteiger partial charge in [-0.15, -0.1) is 11.3 Å². The predicted octanol–water partition coefficient (Wildman–Crippen LogP) is 3.38. The minimum atomic E-state index is -5.83. The van der Waals surface area contributed by atoms with E-state index in [1.807, 2.05) is 7.05 Å². The number of fused-ring (bicyclic) bond motifs is 3. The fourth-order valence-corrected chi connectivity index (χ4v) is 9.01. The SMILES string of the molecule is COC1(c2nccn2C)CN(C(=O)[C@@H]2CC[C@@H]3C[C@@H]4[C@H](C[C@H](NC(=O)c5cc6cc(C(F)(F)P(=O)(O)O)ccc6s5)C(=O)N32)C4(F)F)C1. The van der Waals surface area contributed by atoms with Gasteiger partial charge in [-0.1, -0.05) is 6.07 Å². The van der Waals surface area contributed by atoms with Crippen LogP contribution in [0.15, 0.2) is 36.7 Å². The van der Waals surface area contributed by atoms with Gasteiger partial charge in [-0.3, -0.25) is 18.9 Å². The maximum absolute atomic E-state index is 14.9. The molecule has 5 heterocycles. The summed E-state index contributed by atoms with van der Waals surface area (Å²) in [7, 11) is -2.50. The van der Waals surface area contributed by atoms with Crippen LogP contribution >= 0.6 is 18.9 Å². The first-order chi connectivity index (χ1) is 22.5. The van der Waals surface area contributed by atoms with E-state index in [9.17, 15) is 36.5 Å². The normalized spacial score (nSPS) is 27.9. The van der Waals surface area contributed by atoms with Gasteiger partial charge in [0.25, 0.3) is 11.8 Å². The lowest BCUT2D eigenvalue weighted by molar-refractivity contribution is -0.173. The van der Waals surface area contributed by atoms with Crippen LogP contribution in [-0.2, 0) is 37.2 Å². The molecule has 1 aliphatic carbocycles. The number of nitrogens with zero attached hydrogens (tertiary/aromatic N) is 4. The van der Waals surface area contributed by atoms with E-state index < -0.39 is 72.1 Å². The molecule has 0 unspecified atom stereocenters. The van der Waals surface area contributed by atoms with Crippen LogP contribution in [0.2, 0.25) is 0 Å². The summed E-state index contributed by atoms with van der Waals surface area (Å²) in [6.45, 7) is 0.375. The molecule has 3 aromatic rings. The second-order valence-corrected chi connectivity index (χ2v) is 15.8. The van der Waals surface area contributed by atoms with Gasteiger partial charge in [0.05, 0.1) is 18.0 Å². The quantitative estimate of drug-likeness (QED) is 0.249. The zero-order valence-corrected chi connectivity index (χ0v) is 27.4. The Morgan fingerprint density at radius 1 is 1.15 bits per heavy atom. The number of likely N-dealkylation sites (tertiary alicyclic amines) is 1. The topological polar surface area (TPSA) is 154 Å². The number of carbonyl (C=O) groups excluding carboxylic acids is 3. The molecule has 0 bridgehead atoms. The summed E-state index contributed by atoms with van der Waals surface area (Å²) < 4.78 is 77.7. The smallest absolute Gasteiger partial charge is 0.367 e.